The molecule has 7 rings (SSSR count). The molecular weight excluding hydrogens is 660 g/mol. The van der Waals surface area contributed by atoms with Crippen molar-refractivity contribution in [3.05, 3.63) is 94.5 Å². The summed E-state index contributed by atoms with van der Waals surface area (Å²) >= 11 is 6.45. The molecule has 1 spiro atoms. The van der Waals surface area contributed by atoms with E-state index in [9.17, 15) is 13.8 Å². The largest absolute Gasteiger partial charge is 0.490 e. The Morgan fingerprint density at radius 1 is 1.16 bits per heavy atom. The van der Waals surface area contributed by atoms with Gasteiger partial charge in [-0.2, -0.15) is 4.36 Å². The van der Waals surface area contributed by atoms with E-state index in [0.29, 0.717) is 42.5 Å². The highest BCUT2D eigenvalue weighted by atomic mass is 35.5. The number of hydrogen-bond donors (Lipinski definition) is 0. The lowest BCUT2D eigenvalue weighted by Crippen LogP contribution is -2.49. The van der Waals surface area contributed by atoms with Crippen LogP contribution in [0.1, 0.15) is 65.7 Å². The molecule has 4 aliphatic rings. The molecule has 2 aromatic carbocycles. The molecule has 0 radical (unpaired) electrons. The summed E-state index contributed by atoms with van der Waals surface area (Å²) in [6.07, 6.45) is 15.1. The predicted octanol–water partition coefficient (Wildman–Crippen LogP) is 6.41. The van der Waals surface area contributed by atoms with Crippen molar-refractivity contribution in [2.45, 2.75) is 62.9 Å². The third kappa shape index (κ3) is 7.32. The minimum atomic E-state index is -3.21. The van der Waals surface area contributed by atoms with Gasteiger partial charge in [-0.15, -0.1) is 0 Å². The molecule has 49 heavy (non-hydrogen) atoms. The molecule has 5 atom stereocenters. The van der Waals surface area contributed by atoms with Crippen LogP contribution in [-0.4, -0.2) is 70.3 Å². The number of fused-ring (bicyclic) bond motifs is 4. The summed E-state index contributed by atoms with van der Waals surface area (Å²) in [4.78, 5) is 37.6. The van der Waals surface area contributed by atoms with Gasteiger partial charge in [0.2, 0.25) is 0 Å². The Morgan fingerprint density at radius 3 is 2.86 bits per heavy atom. The number of Topliss-reactive ketones (excluding diaryl/α,β-unsaturated/α-hetero) is 1. The van der Waals surface area contributed by atoms with Crippen molar-refractivity contribution >= 4 is 38.7 Å². The van der Waals surface area contributed by atoms with Crippen molar-refractivity contribution in [3.8, 4) is 5.75 Å². The molecule has 11 heteroatoms. The molecule has 1 aromatic heterocycles. The van der Waals surface area contributed by atoms with E-state index in [1.807, 2.05) is 18.2 Å². The molecule has 0 saturated heterocycles. The zero-order valence-electron chi connectivity index (χ0n) is 27.9. The fourth-order valence-corrected chi connectivity index (χ4v) is 10.2. The number of rotatable bonds is 5. The minimum absolute atomic E-state index is 0.0191. The lowest BCUT2D eigenvalue weighted by molar-refractivity contribution is -0.116. The number of amides is 1. The minimum Gasteiger partial charge on any atom is -0.490 e. The molecular formula is C38H43ClN4O5S. The molecule has 1 amide bonds. The van der Waals surface area contributed by atoms with Crippen molar-refractivity contribution < 1.29 is 23.3 Å². The Morgan fingerprint density at radius 2 is 2.06 bits per heavy atom. The van der Waals surface area contributed by atoms with Crippen LogP contribution in [0, 0.1) is 11.8 Å². The lowest BCUT2D eigenvalue weighted by Gasteiger charge is -2.46. The summed E-state index contributed by atoms with van der Waals surface area (Å²) < 4.78 is 31.3. The first-order chi connectivity index (χ1) is 23.7. The highest BCUT2D eigenvalue weighted by Gasteiger charge is 2.44. The normalized spacial score (nSPS) is 29.0. The van der Waals surface area contributed by atoms with E-state index in [2.05, 4.69) is 43.5 Å². The second kappa shape index (κ2) is 14.3. The van der Waals surface area contributed by atoms with Gasteiger partial charge in [0.25, 0.3) is 5.91 Å². The average Bonchev–Trinajstić information content (AvgIpc) is 3.22. The first kappa shape index (κ1) is 33.9. The maximum absolute atomic E-state index is 14.3. The fraction of sp³-hybridized carbons (Fsp3) is 0.474. The van der Waals surface area contributed by atoms with Crippen LogP contribution >= 0.6 is 11.6 Å². The number of ether oxygens (including phenoxy) is 2. The van der Waals surface area contributed by atoms with E-state index in [0.717, 1.165) is 61.7 Å². The molecule has 2 aliphatic heterocycles. The topological polar surface area (TPSA) is 111 Å². The van der Waals surface area contributed by atoms with E-state index < -0.39 is 15.6 Å². The number of aromatic nitrogens is 2. The summed E-state index contributed by atoms with van der Waals surface area (Å²) in [6.45, 7) is 2.04. The Hall–Kier alpha value is -3.60. The number of aryl methyl sites for hydroxylation is 1. The molecule has 2 bridgehead atoms. The molecule has 1 saturated carbocycles. The monoisotopic (exact) mass is 702 g/mol. The first-order valence-electron chi connectivity index (χ1n) is 17.3. The number of anilines is 1. The van der Waals surface area contributed by atoms with Gasteiger partial charge in [0.05, 0.1) is 46.0 Å². The van der Waals surface area contributed by atoms with Crippen LogP contribution in [0.4, 0.5) is 5.69 Å². The third-order valence-corrected chi connectivity index (χ3v) is 13.1. The van der Waals surface area contributed by atoms with Crippen LogP contribution in [-0.2, 0) is 37.5 Å². The first-order valence-corrected chi connectivity index (χ1v) is 19.5. The number of carbonyl (C=O) groups is 2. The quantitative estimate of drug-likeness (QED) is 0.281. The van der Waals surface area contributed by atoms with Gasteiger partial charge in [0, 0.05) is 60.5 Å². The van der Waals surface area contributed by atoms with Crippen LogP contribution in [0.3, 0.4) is 0 Å². The van der Waals surface area contributed by atoms with E-state index in [1.165, 1.54) is 29.7 Å². The number of nitrogens with zero attached hydrogens (tertiary/aromatic N) is 4. The SMILES string of the molecule is CO[C@H]1/C=C/CCC[S@@](=O)(CC(=O)Cc2cnccn2)=NC(=O)c2ccc3c(c2)N(C[C@@H]2CC[C@H]21)C[C@@]1(CCCc2cc(Cl)ccc21)CO3. The van der Waals surface area contributed by atoms with E-state index >= 15 is 0 Å². The average molecular weight is 703 g/mol. The number of hydrogen-bond acceptors (Lipinski definition) is 8. The summed E-state index contributed by atoms with van der Waals surface area (Å²) in [5.74, 6) is 0.415. The number of allylic oxidation sites excluding steroid dienone is 1. The second-order valence-electron chi connectivity index (χ2n) is 14.0. The van der Waals surface area contributed by atoms with Crippen LogP contribution < -0.4 is 9.64 Å². The molecule has 258 valence electrons. The standard InChI is InChI=1S/C38H43ClN4O5S/c1-47-35-7-3-2-4-17-49(46,23-31(44)20-30-21-40-15-16-41-30)42-37(45)27-9-13-36-34(19-27)43(22-28-8-11-32(28)35)24-38(25-48-36)14-5-6-26-18-29(39)10-12-33(26)38/h3,7,9-10,12-13,15-16,18-19,21,28,32,35H,2,4-6,8,11,14,17,20,22-25H2,1H3/b7-3+/t28-,32+,35-,38-,49+/m0/s1. The zero-order valence-corrected chi connectivity index (χ0v) is 29.5. The lowest BCUT2D eigenvalue weighted by atomic mass is 9.68. The van der Waals surface area contributed by atoms with Gasteiger partial charge in [0.1, 0.15) is 5.75 Å². The van der Waals surface area contributed by atoms with Gasteiger partial charge in [-0.25, -0.2) is 4.21 Å². The van der Waals surface area contributed by atoms with Gasteiger partial charge in [-0.1, -0.05) is 29.8 Å². The predicted molar refractivity (Wildman–Crippen MR) is 191 cm³/mol. The van der Waals surface area contributed by atoms with Crippen LogP contribution in [0.15, 0.2) is 71.5 Å². The Kier molecular flexibility index (Phi) is 9.91. The highest BCUT2D eigenvalue weighted by molar-refractivity contribution is 7.94. The van der Waals surface area contributed by atoms with Crippen LogP contribution in [0.2, 0.25) is 5.02 Å². The number of halogens is 1. The number of ketones is 1. The van der Waals surface area contributed by atoms with Crippen LogP contribution in [0.25, 0.3) is 0 Å². The number of benzene rings is 2. The summed E-state index contributed by atoms with van der Waals surface area (Å²) in [5, 5.41) is 0.744. The van der Waals surface area contributed by atoms with Gasteiger partial charge < -0.3 is 14.4 Å². The molecule has 3 aromatic rings. The van der Waals surface area contributed by atoms with E-state index in [-0.39, 0.29) is 35.2 Å². The van der Waals surface area contributed by atoms with Crippen molar-refractivity contribution in [1.29, 1.82) is 0 Å². The molecule has 2 aliphatic carbocycles. The van der Waals surface area contributed by atoms with Gasteiger partial charge in [-0.05, 0) is 98.2 Å². The maximum Gasteiger partial charge on any atom is 0.285 e. The highest BCUT2D eigenvalue weighted by Crippen LogP contribution is 2.47. The summed E-state index contributed by atoms with van der Waals surface area (Å²) in [7, 11) is -1.44. The summed E-state index contributed by atoms with van der Waals surface area (Å²) in [6, 6.07) is 11.6. The Labute approximate surface area is 293 Å². The zero-order chi connectivity index (χ0) is 34.0. The molecule has 1 fully saturated rings. The summed E-state index contributed by atoms with van der Waals surface area (Å²) in [5.41, 5.74) is 3.97. The molecule has 0 N–H and O–H groups in total. The van der Waals surface area contributed by atoms with Crippen LogP contribution in [0.5, 0.6) is 5.75 Å². The van der Waals surface area contributed by atoms with Crippen molar-refractivity contribution in [3.63, 3.8) is 0 Å². The molecule has 3 heterocycles. The Bertz CT molecular complexity index is 1880. The molecule has 0 unspecified atom stereocenters. The smallest absolute Gasteiger partial charge is 0.285 e. The second-order valence-corrected chi connectivity index (χ2v) is 16.8. The molecule has 9 nitrogen and oxygen atoms in total. The van der Waals surface area contributed by atoms with E-state index in [1.54, 1.807) is 13.2 Å². The Balaban J connectivity index is 1.27. The van der Waals surface area contributed by atoms with Crippen molar-refractivity contribution in [2.75, 3.05) is 43.2 Å². The van der Waals surface area contributed by atoms with E-state index in [4.69, 9.17) is 21.1 Å². The van der Waals surface area contributed by atoms with Gasteiger partial charge in [-0.3, -0.25) is 19.6 Å². The fourth-order valence-electron chi connectivity index (χ4n) is 8.12. The van der Waals surface area contributed by atoms with Gasteiger partial charge >= 0.3 is 0 Å². The van der Waals surface area contributed by atoms with Gasteiger partial charge in [0.15, 0.2) is 5.78 Å². The number of methoxy groups -OCH3 is 1. The van der Waals surface area contributed by atoms with Crippen molar-refractivity contribution in [2.24, 2.45) is 16.2 Å². The maximum atomic E-state index is 14.3. The third-order valence-electron chi connectivity index (χ3n) is 10.7. The number of carbonyl (C=O) groups excluding carboxylic acids is 2. The van der Waals surface area contributed by atoms with Crippen molar-refractivity contribution in [1.82, 2.24) is 9.97 Å².